The van der Waals surface area contributed by atoms with E-state index in [9.17, 15) is 14.6 Å². The lowest BCUT2D eigenvalue weighted by Gasteiger charge is -2.39. The van der Waals surface area contributed by atoms with Gasteiger partial charge >= 0.3 is 0 Å². The number of anilines is 3. The monoisotopic (exact) mass is 418 g/mol. The number of nitrogens with zero attached hydrogens (tertiary/aromatic N) is 2. The molecule has 30 heavy (non-hydrogen) atoms. The molecule has 0 saturated heterocycles. The van der Waals surface area contributed by atoms with Crippen molar-refractivity contribution in [2.45, 2.75) is 56.5 Å². The molecule has 1 aromatic carbocycles. The number of halogens is 1. The van der Waals surface area contributed by atoms with Crippen LogP contribution in [0.1, 0.15) is 32.6 Å². The standard InChI is InChI=1S/C21H27FN4O4/c1-21-7-3-5-14(9-21)24-19-16(22)10-23-20(26-19)25-13-4-2-6-15(8-13)29-11-17(27)18(28)12-30-21/h2,4,6,8,10,14,17-18,27-28H,3,5,7,9,11-12H2,1H3,(H2,23,24,25,26)/t14?,17-,18+,21?/m0/s1. The van der Waals surface area contributed by atoms with E-state index in [1.54, 1.807) is 24.3 Å². The molecule has 0 spiro atoms. The van der Waals surface area contributed by atoms with Crippen molar-refractivity contribution in [1.82, 2.24) is 9.97 Å². The summed E-state index contributed by atoms with van der Waals surface area (Å²) < 4.78 is 26.0. The van der Waals surface area contributed by atoms with Gasteiger partial charge in [-0.15, -0.1) is 0 Å². The minimum absolute atomic E-state index is 0.0125. The second-order valence-electron chi connectivity index (χ2n) is 8.19. The summed E-state index contributed by atoms with van der Waals surface area (Å²) in [6, 6.07) is 6.97. The number of aromatic nitrogens is 2. The Morgan fingerprint density at radius 3 is 2.93 bits per heavy atom. The predicted molar refractivity (Wildman–Crippen MR) is 109 cm³/mol. The van der Waals surface area contributed by atoms with E-state index in [2.05, 4.69) is 20.6 Å². The van der Waals surface area contributed by atoms with Crippen LogP contribution in [0.3, 0.4) is 0 Å². The zero-order valence-corrected chi connectivity index (χ0v) is 16.8. The summed E-state index contributed by atoms with van der Waals surface area (Å²) in [5.41, 5.74) is 0.154. The quantitative estimate of drug-likeness (QED) is 0.517. The highest BCUT2D eigenvalue weighted by Crippen LogP contribution is 2.33. The molecule has 2 aliphatic rings. The maximum atomic E-state index is 14.4. The molecule has 2 aromatic rings. The SMILES string of the molecule is CC12CCCC(C1)Nc1nc(ncc1F)Nc1cccc(c1)OC[C@H](O)[C@H](O)CO2. The third-order valence-corrected chi connectivity index (χ3v) is 5.58. The average molecular weight is 418 g/mol. The van der Waals surface area contributed by atoms with Crippen LogP contribution < -0.4 is 15.4 Å². The van der Waals surface area contributed by atoms with Gasteiger partial charge in [-0.25, -0.2) is 9.37 Å². The molecule has 2 unspecified atom stereocenters. The third kappa shape index (κ3) is 4.97. The zero-order valence-electron chi connectivity index (χ0n) is 16.8. The van der Waals surface area contributed by atoms with Gasteiger partial charge in [0.25, 0.3) is 0 Å². The Labute approximate surface area is 174 Å². The van der Waals surface area contributed by atoms with Crippen LogP contribution in [0.25, 0.3) is 0 Å². The number of nitrogens with one attached hydrogen (secondary N) is 2. The first-order valence-electron chi connectivity index (χ1n) is 10.2. The highest BCUT2D eigenvalue weighted by Gasteiger charge is 2.35. The van der Waals surface area contributed by atoms with Crippen LogP contribution in [0.5, 0.6) is 5.75 Å². The van der Waals surface area contributed by atoms with Crippen molar-refractivity contribution in [3.8, 4) is 5.75 Å². The molecular weight excluding hydrogens is 391 g/mol. The van der Waals surface area contributed by atoms with E-state index in [0.29, 0.717) is 17.9 Å². The Bertz CT molecular complexity index is 886. The molecule has 1 fully saturated rings. The predicted octanol–water partition coefficient (Wildman–Crippen LogP) is 2.60. The van der Waals surface area contributed by atoms with E-state index in [4.69, 9.17) is 9.47 Å². The first-order valence-corrected chi connectivity index (χ1v) is 10.2. The summed E-state index contributed by atoms with van der Waals surface area (Å²) in [5.74, 6) is 0.363. The highest BCUT2D eigenvalue weighted by atomic mass is 19.1. The number of benzene rings is 1. The molecule has 6 bridgehead atoms. The summed E-state index contributed by atoms with van der Waals surface area (Å²) in [7, 11) is 0. The van der Waals surface area contributed by atoms with E-state index in [-0.39, 0.29) is 31.0 Å². The van der Waals surface area contributed by atoms with Crippen molar-refractivity contribution in [2.24, 2.45) is 0 Å². The third-order valence-electron chi connectivity index (χ3n) is 5.58. The van der Waals surface area contributed by atoms with Gasteiger partial charge in [0.2, 0.25) is 5.95 Å². The number of fused-ring (bicyclic) bond motifs is 6. The molecule has 2 heterocycles. The molecule has 1 aliphatic carbocycles. The van der Waals surface area contributed by atoms with Gasteiger partial charge < -0.3 is 30.3 Å². The lowest BCUT2D eigenvalue weighted by molar-refractivity contribution is -0.117. The van der Waals surface area contributed by atoms with Crippen molar-refractivity contribution in [3.63, 3.8) is 0 Å². The molecule has 1 aliphatic heterocycles. The molecule has 0 radical (unpaired) electrons. The van der Waals surface area contributed by atoms with Crippen molar-refractivity contribution in [1.29, 1.82) is 0 Å². The van der Waals surface area contributed by atoms with Crippen LogP contribution >= 0.6 is 0 Å². The van der Waals surface area contributed by atoms with Gasteiger partial charge in [0.05, 0.1) is 18.4 Å². The second-order valence-corrected chi connectivity index (χ2v) is 8.19. The highest BCUT2D eigenvalue weighted by molar-refractivity contribution is 5.57. The van der Waals surface area contributed by atoms with Crippen molar-refractivity contribution in [2.75, 3.05) is 23.8 Å². The fourth-order valence-corrected chi connectivity index (χ4v) is 3.91. The molecular formula is C21H27FN4O4. The van der Waals surface area contributed by atoms with Gasteiger partial charge in [-0.2, -0.15) is 4.98 Å². The van der Waals surface area contributed by atoms with E-state index in [0.717, 1.165) is 25.5 Å². The van der Waals surface area contributed by atoms with Crippen molar-refractivity contribution >= 4 is 17.5 Å². The topological polar surface area (TPSA) is 109 Å². The maximum Gasteiger partial charge on any atom is 0.229 e. The fraction of sp³-hybridized carbons (Fsp3) is 0.524. The van der Waals surface area contributed by atoms with Crippen LogP contribution in [0.2, 0.25) is 0 Å². The molecule has 4 N–H and O–H groups in total. The molecule has 1 aromatic heterocycles. The van der Waals surface area contributed by atoms with Crippen LogP contribution in [-0.2, 0) is 4.74 Å². The number of rotatable bonds is 0. The smallest absolute Gasteiger partial charge is 0.229 e. The minimum Gasteiger partial charge on any atom is -0.491 e. The Hall–Kier alpha value is -2.49. The lowest BCUT2D eigenvalue weighted by Crippen LogP contribution is -2.44. The molecule has 8 nitrogen and oxygen atoms in total. The summed E-state index contributed by atoms with van der Waals surface area (Å²) in [6.07, 6.45) is 2.15. The molecule has 9 heteroatoms. The van der Waals surface area contributed by atoms with Crippen LogP contribution in [0.4, 0.5) is 21.8 Å². The minimum atomic E-state index is -1.09. The number of hydrogen-bond donors (Lipinski definition) is 4. The van der Waals surface area contributed by atoms with E-state index in [1.807, 2.05) is 6.92 Å². The Morgan fingerprint density at radius 1 is 1.23 bits per heavy atom. The average Bonchev–Trinajstić information content (AvgIpc) is 2.72. The Morgan fingerprint density at radius 2 is 2.07 bits per heavy atom. The summed E-state index contributed by atoms with van der Waals surface area (Å²) in [4.78, 5) is 8.32. The Kier molecular flexibility index (Phi) is 6.03. The van der Waals surface area contributed by atoms with Gasteiger partial charge in [0, 0.05) is 17.8 Å². The van der Waals surface area contributed by atoms with Crippen LogP contribution in [0, 0.1) is 5.82 Å². The van der Waals surface area contributed by atoms with Gasteiger partial charge in [-0.05, 0) is 44.7 Å². The van der Waals surface area contributed by atoms with Crippen molar-refractivity contribution < 1.29 is 24.1 Å². The van der Waals surface area contributed by atoms with Crippen LogP contribution in [-0.4, -0.2) is 57.2 Å². The van der Waals surface area contributed by atoms with Gasteiger partial charge in [0.15, 0.2) is 11.6 Å². The van der Waals surface area contributed by atoms with E-state index in [1.165, 1.54) is 0 Å². The molecule has 1 saturated carbocycles. The van der Waals surface area contributed by atoms with Gasteiger partial charge in [-0.1, -0.05) is 6.07 Å². The lowest BCUT2D eigenvalue weighted by atomic mass is 9.83. The number of hydrogen-bond acceptors (Lipinski definition) is 8. The number of aliphatic hydroxyl groups is 2. The molecule has 0 amide bonds. The normalized spacial score (nSPS) is 29.7. The Balaban J connectivity index is 1.63. The maximum absolute atomic E-state index is 14.4. The van der Waals surface area contributed by atoms with Gasteiger partial charge in [-0.3, -0.25) is 0 Å². The molecule has 162 valence electrons. The first-order chi connectivity index (χ1) is 14.4. The summed E-state index contributed by atoms with van der Waals surface area (Å²) in [5, 5.41) is 26.8. The summed E-state index contributed by atoms with van der Waals surface area (Å²) in [6.45, 7) is 1.88. The molecule has 4 atom stereocenters. The van der Waals surface area contributed by atoms with E-state index >= 15 is 0 Å². The number of aliphatic hydroxyl groups excluding tert-OH is 2. The fourth-order valence-electron chi connectivity index (χ4n) is 3.91. The van der Waals surface area contributed by atoms with Crippen molar-refractivity contribution in [3.05, 3.63) is 36.3 Å². The first kappa shape index (κ1) is 20.8. The number of ether oxygens (including phenoxy) is 2. The summed E-state index contributed by atoms with van der Waals surface area (Å²) >= 11 is 0. The van der Waals surface area contributed by atoms with Gasteiger partial charge in [0.1, 0.15) is 24.6 Å². The largest absolute Gasteiger partial charge is 0.491 e. The molecule has 4 rings (SSSR count). The zero-order chi connectivity index (χ0) is 21.1. The van der Waals surface area contributed by atoms with Crippen LogP contribution in [0.15, 0.2) is 30.5 Å². The van der Waals surface area contributed by atoms with E-state index < -0.39 is 23.6 Å². The second kappa shape index (κ2) is 8.71.